The summed E-state index contributed by atoms with van der Waals surface area (Å²) in [7, 11) is 3.75. The van der Waals surface area contributed by atoms with Crippen LogP contribution < -0.4 is 0 Å². The summed E-state index contributed by atoms with van der Waals surface area (Å²) in [6, 6.07) is 1.39. The first-order chi connectivity index (χ1) is 7.90. The van der Waals surface area contributed by atoms with Crippen molar-refractivity contribution in [3.05, 3.63) is 31.7 Å². The first-order valence-electron chi connectivity index (χ1n) is 5.00. The van der Waals surface area contributed by atoms with Crippen LogP contribution in [-0.2, 0) is 0 Å². The third-order valence-electron chi connectivity index (χ3n) is 2.50. The summed E-state index contributed by atoms with van der Waals surface area (Å²) in [5.74, 6) is 0. The summed E-state index contributed by atoms with van der Waals surface area (Å²) in [6.45, 7) is 0.0274. The van der Waals surface area contributed by atoms with E-state index in [1.54, 1.807) is 0 Å². The third-order valence-corrected chi connectivity index (χ3v) is 4.11. The smallest absolute Gasteiger partial charge is 0.0656 e. The monoisotopic (exact) mass is 315 g/mol. The minimum absolute atomic E-state index is 0.0274. The molecule has 1 rings (SSSR count). The second kappa shape index (κ2) is 6.46. The van der Waals surface area contributed by atoms with Gasteiger partial charge in [-0.1, -0.05) is 46.4 Å². The second-order valence-corrected chi connectivity index (χ2v) is 5.44. The van der Waals surface area contributed by atoms with Gasteiger partial charge in [0.15, 0.2) is 0 Å². The zero-order chi connectivity index (χ0) is 13.2. The normalized spacial score (nSPS) is 13.2. The predicted molar refractivity (Wildman–Crippen MR) is 74.6 cm³/mol. The number of aliphatic hydroxyl groups is 1. The summed E-state index contributed by atoms with van der Waals surface area (Å²) < 4.78 is 0. The minimum atomic E-state index is -0.129. The highest BCUT2D eigenvalue weighted by Gasteiger charge is 2.23. The molecule has 0 bridgehead atoms. The van der Waals surface area contributed by atoms with Crippen LogP contribution in [0.4, 0.5) is 0 Å². The van der Waals surface area contributed by atoms with Gasteiger partial charge in [-0.15, -0.1) is 0 Å². The summed E-state index contributed by atoms with van der Waals surface area (Å²) in [6.07, 6.45) is 0.503. The molecule has 1 N–H and O–H groups in total. The van der Waals surface area contributed by atoms with Gasteiger partial charge >= 0.3 is 0 Å². The van der Waals surface area contributed by atoms with Gasteiger partial charge in [0.1, 0.15) is 0 Å². The Morgan fingerprint density at radius 2 is 1.59 bits per heavy atom. The molecule has 1 aromatic carbocycles. The average molecular weight is 317 g/mol. The van der Waals surface area contributed by atoms with E-state index in [-0.39, 0.29) is 12.6 Å². The molecule has 2 nitrogen and oxygen atoms in total. The first kappa shape index (κ1) is 15.4. The van der Waals surface area contributed by atoms with E-state index in [2.05, 4.69) is 0 Å². The number of halogens is 4. The van der Waals surface area contributed by atoms with Gasteiger partial charge in [-0.05, 0) is 26.6 Å². The van der Waals surface area contributed by atoms with Crippen molar-refractivity contribution in [2.75, 3.05) is 20.7 Å². The molecule has 0 aliphatic rings. The first-order valence-corrected chi connectivity index (χ1v) is 6.51. The lowest BCUT2D eigenvalue weighted by atomic mass is 10.0. The van der Waals surface area contributed by atoms with Crippen LogP contribution in [0, 0.1) is 0 Å². The Morgan fingerprint density at radius 3 is 1.94 bits per heavy atom. The Hall–Kier alpha value is 0.300. The lowest BCUT2D eigenvalue weighted by Gasteiger charge is -2.26. The van der Waals surface area contributed by atoms with Gasteiger partial charge in [-0.2, -0.15) is 0 Å². The second-order valence-electron chi connectivity index (χ2n) is 3.87. The van der Waals surface area contributed by atoms with Crippen molar-refractivity contribution in [2.45, 2.75) is 12.5 Å². The Kier molecular flexibility index (Phi) is 5.84. The van der Waals surface area contributed by atoms with Gasteiger partial charge < -0.3 is 10.0 Å². The molecule has 0 amide bonds. The van der Waals surface area contributed by atoms with E-state index < -0.39 is 0 Å². The number of benzene rings is 1. The topological polar surface area (TPSA) is 23.5 Å². The molecule has 0 aromatic heterocycles. The van der Waals surface area contributed by atoms with Gasteiger partial charge in [0, 0.05) is 18.2 Å². The molecule has 0 aliphatic carbocycles. The molecule has 0 fully saturated rings. The molecule has 0 saturated carbocycles. The number of rotatable bonds is 4. The van der Waals surface area contributed by atoms with E-state index in [0.29, 0.717) is 32.1 Å². The van der Waals surface area contributed by atoms with Crippen molar-refractivity contribution in [1.82, 2.24) is 4.90 Å². The highest BCUT2D eigenvalue weighted by molar-refractivity contribution is 6.48. The van der Waals surface area contributed by atoms with Gasteiger partial charge in [0.05, 0.1) is 20.1 Å². The number of hydrogen-bond donors (Lipinski definition) is 1. The van der Waals surface area contributed by atoms with Gasteiger partial charge in [0.25, 0.3) is 0 Å². The van der Waals surface area contributed by atoms with Crippen molar-refractivity contribution in [2.24, 2.45) is 0 Å². The van der Waals surface area contributed by atoms with Crippen LogP contribution >= 0.6 is 46.4 Å². The van der Waals surface area contributed by atoms with E-state index in [9.17, 15) is 0 Å². The van der Waals surface area contributed by atoms with Crippen molar-refractivity contribution >= 4 is 46.4 Å². The van der Waals surface area contributed by atoms with Crippen LogP contribution in [0.1, 0.15) is 18.0 Å². The van der Waals surface area contributed by atoms with E-state index in [1.807, 2.05) is 19.0 Å². The summed E-state index contributed by atoms with van der Waals surface area (Å²) >= 11 is 24.3. The standard InChI is InChI=1S/C11H13Cl4NO/c1-16(2)8(3-4-17)9-10(14)6(12)5-7(13)11(9)15/h5,8,17H,3-4H2,1-2H3. The predicted octanol–water partition coefficient (Wildman–Crippen LogP) is 4.29. The van der Waals surface area contributed by atoms with Crippen molar-refractivity contribution in [3.8, 4) is 0 Å². The average Bonchev–Trinajstić information content (AvgIpc) is 2.25. The fraction of sp³-hybridized carbons (Fsp3) is 0.455. The fourth-order valence-electron chi connectivity index (χ4n) is 1.67. The van der Waals surface area contributed by atoms with Crippen molar-refractivity contribution in [3.63, 3.8) is 0 Å². The molecule has 1 aromatic rings. The molecule has 17 heavy (non-hydrogen) atoms. The van der Waals surface area contributed by atoms with Gasteiger partial charge in [-0.3, -0.25) is 0 Å². The van der Waals surface area contributed by atoms with Gasteiger partial charge in [0.2, 0.25) is 0 Å². The Balaban J connectivity index is 3.36. The van der Waals surface area contributed by atoms with Crippen LogP contribution in [0.5, 0.6) is 0 Å². The minimum Gasteiger partial charge on any atom is -0.396 e. The molecule has 0 radical (unpaired) electrons. The van der Waals surface area contributed by atoms with E-state index >= 15 is 0 Å². The SMILES string of the molecule is CN(C)C(CCO)c1c(Cl)c(Cl)cc(Cl)c1Cl. The van der Waals surface area contributed by atoms with Gasteiger partial charge in [-0.25, -0.2) is 0 Å². The molecular weight excluding hydrogens is 304 g/mol. The highest BCUT2D eigenvalue weighted by Crippen LogP contribution is 2.42. The molecule has 0 heterocycles. The molecule has 6 heteroatoms. The zero-order valence-electron chi connectivity index (χ0n) is 9.48. The molecule has 1 unspecified atom stereocenters. The lowest BCUT2D eigenvalue weighted by Crippen LogP contribution is -2.22. The molecule has 96 valence electrons. The highest BCUT2D eigenvalue weighted by atomic mass is 35.5. The summed E-state index contributed by atoms with van der Waals surface area (Å²) in [5.41, 5.74) is 0.657. The maximum Gasteiger partial charge on any atom is 0.0656 e. The molecule has 0 saturated heterocycles. The maximum atomic E-state index is 9.09. The number of aliphatic hydroxyl groups excluding tert-OH is 1. The van der Waals surface area contributed by atoms with Crippen LogP contribution in [-0.4, -0.2) is 30.7 Å². The molecular formula is C11H13Cl4NO. The Labute approximate surface area is 121 Å². The Bertz CT molecular complexity index is 383. The Morgan fingerprint density at radius 1 is 1.12 bits per heavy atom. The number of nitrogens with zero attached hydrogens (tertiary/aromatic N) is 1. The van der Waals surface area contributed by atoms with Crippen LogP contribution in [0.25, 0.3) is 0 Å². The lowest BCUT2D eigenvalue weighted by molar-refractivity contribution is 0.211. The summed E-state index contributed by atoms with van der Waals surface area (Å²) in [5, 5.41) is 10.6. The molecule has 0 aliphatic heterocycles. The maximum absolute atomic E-state index is 9.09. The van der Waals surface area contributed by atoms with Crippen molar-refractivity contribution in [1.29, 1.82) is 0 Å². The molecule has 0 spiro atoms. The van der Waals surface area contributed by atoms with Crippen LogP contribution in [0.3, 0.4) is 0 Å². The summed E-state index contributed by atoms with van der Waals surface area (Å²) in [4.78, 5) is 1.91. The fourth-order valence-corrected chi connectivity index (χ4v) is 2.74. The van der Waals surface area contributed by atoms with Crippen molar-refractivity contribution < 1.29 is 5.11 Å². The quantitative estimate of drug-likeness (QED) is 0.838. The molecule has 1 atom stereocenters. The number of hydrogen-bond acceptors (Lipinski definition) is 2. The van der Waals surface area contributed by atoms with E-state index in [4.69, 9.17) is 51.5 Å². The zero-order valence-corrected chi connectivity index (χ0v) is 12.5. The van der Waals surface area contributed by atoms with Crippen LogP contribution in [0.15, 0.2) is 6.07 Å². The van der Waals surface area contributed by atoms with E-state index in [0.717, 1.165) is 0 Å². The largest absolute Gasteiger partial charge is 0.396 e. The van der Waals surface area contributed by atoms with Crippen LogP contribution in [0.2, 0.25) is 20.1 Å². The van der Waals surface area contributed by atoms with E-state index in [1.165, 1.54) is 6.07 Å². The third kappa shape index (κ3) is 3.40.